The monoisotopic (exact) mass is 343 g/mol. The first-order valence-corrected chi connectivity index (χ1v) is 8.95. The third-order valence-electron chi connectivity index (χ3n) is 4.32. The van der Waals surface area contributed by atoms with Gasteiger partial charge in [-0.1, -0.05) is 19.0 Å². The van der Waals surface area contributed by atoms with Crippen molar-refractivity contribution in [3.05, 3.63) is 24.2 Å². The first-order valence-electron chi connectivity index (χ1n) is 8.95. The molecule has 1 N–H and O–H groups in total. The summed E-state index contributed by atoms with van der Waals surface area (Å²) in [5, 5.41) is 7.19. The van der Waals surface area contributed by atoms with Gasteiger partial charge < -0.3 is 14.7 Å². The number of hydrogen-bond acceptors (Lipinski definition) is 6. The van der Waals surface area contributed by atoms with E-state index in [1.807, 2.05) is 30.9 Å². The van der Waals surface area contributed by atoms with E-state index in [4.69, 9.17) is 4.52 Å². The molecule has 2 aromatic heterocycles. The van der Waals surface area contributed by atoms with Gasteiger partial charge in [-0.15, -0.1) is 0 Å². The van der Waals surface area contributed by atoms with Crippen molar-refractivity contribution in [2.45, 2.75) is 45.4 Å². The maximum Gasteiger partial charge on any atom is 0.258 e. The number of anilines is 1. The Hall–Kier alpha value is -2.44. The van der Waals surface area contributed by atoms with Crippen LogP contribution in [0.3, 0.4) is 0 Å². The van der Waals surface area contributed by atoms with Crippen molar-refractivity contribution in [1.82, 2.24) is 20.0 Å². The average Bonchev–Trinajstić information content (AvgIpc) is 3.13. The van der Waals surface area contributed by atoms with Gasteiger partial charge in [0, 0.05) is 43.7 Å². The lowest BCUT2D eigenvalue weighted by molar-refractivity contribution is -0.131. The van der Waals surface area contributed by atoms with Crippen molar-refractivity contribution < 1.29 is 9.32 Å². The second-order valence-electron chi connectivity index (χ2n) is 6.66. The third-order valence-corrected chi connectivity index (χ3v) is 4.32. The average molecular weight is 343 g/mol. The van der Waals surface area contributed by atoms with Crippen molar-refractivity contribution in [1.29, 1.82) is 0 Å². The van der Waals surface area contributed by atoms with Gasteiger partial charge in [-0.2, -0.15) is 4.98 Å². The van der Waals surface area contributed by atoms with Gasteiger partial charge >= 0.3 is 0 Å². The lowest BCUT2D eigenvalue weighted by Gasteiger charge is -2.26. The number of nitrogens with one attached hydrogen (secondary N) is 1. The Morgan fingerprint density at radius 3 is 2.84 bits per heavy atom. The van der Waals surface area contributed by atoms with Crippen LogP contribution in [0, 0.1) is 0 Å². The van der Waals surface area contributed by atoms with Crippen LogP contribution in [0.25, 0.3) is 11.5 Å². The summed E-state index contributed by atoms with van der Waals surface area (Å²) in [6.45, 7) is 6.39. The highest BCUT2D eigenvalue weighted by Gasteiger charge is 2.16. The third kappa shape index (κ3) is 4.55. The lowest BCUT2D eigenvalue weighted by atomic mass is 10.1. The number of rotatable bonds is 6. The van der Waals surface area contributed by atoms with Crippen molar-refractivity contribution in [2.24, 2.45) is 0 Å². The summed E-state index contributed by atoms with van der Waals surface area (Å²) in [5.74, 6) is 2.31. The van der Waals surface area contributed by atoms with Gasteiger partial charge in [0.05, 0.1) is 0 Å². The van der Waals surface area contributed by atoms with Crippen LogP contribution in [0.15, 0.2) is 22.9 Å². The zero-order valence-corrected chi connectivity index (χ0v) is 14.9. The zero-order valence-electron chi connectivity index (χ0n) is 14.9. The maximum absolute atomic E-state index is 12.2. The molecular weight excluding hydrogens is 318 g/mol. The largest absolute Gasteiger partial charge is 0.370 e. The molecule has 1 aliphatic heterocycles. The summed E-state index contributed by atoms with van der Waals surface area (Å²) in [7, 11) is 0. The fraction of sp³-hybridized carbons (Fsp3) is 0.556. The second kappa shape index (κ2) is 8.09. The Bertz CT molecular complexity index is 707. The summed E-state index contributed by atoms with van der Waals surface area (Å²) in [6.07, 6.45) is 5.64. The van der Waals surface area contributed by atoms with E-state index >= 15 is 0 Å². The highest BCUT2D eigenvalue weighted by Crippen LogP contribution is 2.21. The van der Waals surface area contributed by atoms with E-state index in [1.54, 1.807) is 6.20 Å². The van der Waals surface area contributed by atoms with Gasteiger partial charge in [-0.25, -0.2) is 4.98 Å². The van der Waals surface area contributed by atoms with Crippen molar-refractivity contribution in [2.75, 3.05) is 25.0 Å². The molecule has 3 heterocycles. The molecule has 1 amide bonds. The van der Waals surface area contributed by atoms with Crippen LogP contribution in [0.2, 0.25) is 0 Å². The van der Waals surface area contributed by atoms with E-state index in [0.29, 0.717) is 30.5 Å². The normalized spacial score (nSPS) is 14.8. The fourth-order valence-corrected chi connectivity index (χ4v) is 2.85. The standard InChI is InChI=1S/C18H25N5O2/c1-13(2)17-21-18(25-22-17)14-6-8-19-15(12-14)20-9-7-16(24)23-10-4-3-5-11-23/h6,8,12-13H,3-5,7,9-11H2,1-2H3,(H,19,20). The van der Waals surface area contributed by atoms with Gasteiger partial charge in [0.2, 0.25) is 5.91 Å². The fourth-order valence-electron chi connectivity index (χ4n) is 2.85. The molecule has 3 rings (SSSR count). The van der Waals surface area contributed by atoms with Crippen LogP contribution < -0.4 is 5.32 Å². The molecule has 0 radical (unpaired) electrons. The summed E-state index contributed by atoms with van der Waals surface area (Å²) >= 11 is 0. The number of aromatic nitrogens is 3. The predicted octanol–water partition coefficient (Wildman–Crippen LogP) is 3.07. The molecule has 2 aromatic rings. The minimum atomic E-state index is 0.210. The molecule has 1 saturated heterocycles. The molecule has 1 aliphatic rings. The zero-order chi connectivity index (χ0) is 17.6. The van der Waals surface area contributed by atoms with E-state index in [9.17, 15) is 4.79 Å². The number of carbonyl (C=O) groups is 1. The van der Waals surface area contributed by atoms with E-state index in [2.05, 4.69) is 20.4 Å². The predicted molar refractivity (Wildman–Crippen MR) is 95.2 cm³/mol. The molecule has 7 nitrogen and oxygen atoms in total. The molecule has 1 fully saturated rings. The number of pyridine rings is 1. The van der Waals surface area contributed by atoms with Crippen LogP contribution in [-0.4, -0.2) is 45.6 Å². The Kier molecular flexibility index (Phi) is 5.63. The number of likely N-dealkylation sites (tertiary alicyclic amines) is 1. The van der Waals surface area contributed by atoms with E-state index in [1.165, 1.54) is 6.42 Å². The first-order chi connectivity index (χ1) is 12.1. The SMILES string of the molecule is CC(C)c1noc(-c2ccnc(NCCC(=O)N3CCCCC3)c2)n1. The second-order valence-corrected chi connectivity index (χ2v) is 6.66. The molecule has 0 spiro atoms. The van der Waals surface area contributed by atoms with Crippen LogP contribution in [0.1, 0.15) is 51.3 Å². The van der Waals surface area contributed by atoms with E-state index in [-0.39, 0.29) is 11.8 Å². The minimum Gasteiger partial charge on any atom is -0.370 e. The molecule has 0 aliphatic carbocycles. The van der Waals surface area contributed by atoms with Gasteiger partial charge in [0.1, 0.15) is 5.82 Å². The molecule has 0 atom stereocenters. The number of nitrogens with zero attached hydrogens (tertiary/aromatic N) is 4. The molecule has 7 heteroatoms. The van der Waals surface area contributed by atoms with E-state index in [0.717, 1.165) is 31.5 Å². The van der Waals surface area contributed by atoms with Crippen LogP contribution in [-0.2, 0) is 4.79 Å². The molecule has 25 heavy (non-hydrogen) atoms. The molecule has 0 aromatic carbocycles. The van der Waals surface area contributed by atoms with E-state index < -0.39 is 0 Å². The number of piperidine rings is 1. The van der Waals surface area contributed by atoms with Crippen LogP contribution in [0.5, 0.6) is 0 Å². The molecule has 0 unspecified atom stereocenters. The number of carbonyl (C=O) groups excluding carboxylic acids is 1. The quantitative estimate of drug-likeness (QED) is 0.868. The summed E-state index contributed by atoms with van der Waals surface area (Å²) in [6, 6.07) is 3.70. The van der Waals surface area contributed by atoms with Crippen LogP contribution in [0.4, 0.5) is 5.82 Å². The Balaban J connectivity index is 1.55. The molecule has 0 saturated carbocycles. The van der Waals surface area contributed by atoms with Crippen molar-refractivity contribution in [3.8, 4) is 11.5 Å². The summed E-state index contributed by atoms with van der Waals surface area (Å²) in [4.78, 5) is 22.8. The van der Waals surface area contributed by atoms with Crippen LogP contribution >= 0.6 is 0 Å². The number of amides is 1. The molecule has 0 bridgehead atoms. The Labute approximate surface area is 147 Å². The maximum atomic E-state index is 12.2. The molecular formula is C18H25N5O2. The smallest absolute Gasteiger partial charge is 0.258 e. The minimum absolute atomic E-state index is 0.210. The van der Waals surface area contributed by atoms with Crippen molar-refractivity contribution >= 4 is 11.7 Å². The van der Waals surface area contributed by atoms with Gasteiger partial charge in [0.15, 0.2) is 5.82 Å². The highest BCUT2D eigenvalue weighted by atomic mass is 16.5. The number of hydrogen-bond donors (Lipinski definition) is 1. The van der Waals surface area contributed by atoms with Gasteiger partial charge in [0.25, 0.3) is 5.89 Å². The van der Waals surface area contributed by atoms with Gasteiger partial charge in [-0.05, 0) is 31.4 Å². The first kappa shape index (κ1) is 17.4. The Morgan fingerprint density at radius 2 is 2.12 bits per heavy atom. The van der Waals surface area contributed by atoms with Crippen molar-refractivity contribution in [3.63, 3.8) is 0 Å². The summed E-state index contributed by atoms with van der Waals surface area (Å²) < 4.78 is 5.31. The highest BCUT2D eigenvalue weighted by molar-refractivity contribution is 5.76. The lowest BCUT2D eigenvalue weighted by Crippen LogP contribution is -2.36. The topological polar surface area (TPSA) is 84.2 Å². The Morgan fingerprint density at radius 1 is 1.32 bits per heavy atom. The van der Waals surface area contributed by atoms with Gasteiger partial charge in [-0.3, -0.25) is 4.79 Å². The summed E-state index contributed by atoms with van der Waals surface area (Å²) in [5.41, 5.74) is 0.819. The molecule has 134 valence electrons.